The van der Waals surface area contributed by atoms with E-state index in [1.54, 1.807) is 30.3 Å². The number of amides is 3. The Hall–Kier alpha value is -3.68. The van der Waals surface area contributed by atoms with Gasteiger partial charge in [-0.25, -0.2) is 4.79 Å². The lowest BCUT2D eigenvalue weighted by Gasteiger charge is -2.43. The summed E-state index contributed by atoms with van der Waals surface area (Å²) >= 11 is 0. The van der Waals surface area contributed by atoms with Crippen molar-refractivity contribution in [1.82, 2.24) is 15.1 Å². The fraction of sp³-hybridized carbons (Fsp3) is 0.273. The predicted octanol–water partition coefficient (Wildman–Crippen LogP) is 0.927. The third kappa shape index (κ3) is 3.52. The lowest BCUT2D eigenvalue weighted by Crippen LogP contribution is -2.71. The van der Waals surface area contributed by atoms with E-state index in [-0.39, 0.29) is 25.0 Å². The molecule has 2 saturated heterocycles. The van der Waals surface area contributed by atoms with Crippen molar-refractivity contribution in [2.45, 2.75) is 31.8 Å². The van der Waals surface area contributed by atoms with Crippen LogP contribution in [0.4, 0.5) is 0 Å². The van der Waals surface area contributed by atoms with Crippen LogP contribution in [0.1, 0.15) is 22.8 Å². The van der Waals surface area contributed by atoms with Crippen LogP contribution >= 0.6 is 0 Å². The highest BCUT2D eigenvalue weighted by molar-refractivity contribution is 6.02. The Morgan fingerprint density at radius 2 is 1.67 bits per heavy atom. The van der Waals surface area contributed by atoms with Gasteiger partial charge in [0.2, 0.25) is 18.0 Å². The van der Waals surface area contributed by atoms with Crippen molar-refractivity contribution < 1.29 is 23.9 Å². The molecule has 4 rings (SSSR count). The van der Waals surface area contributed by atoms with Crippen molar-refractivity contribution in [3.05, 3.63) is 71.8 Å². The Bertz CT molecular complexity index is 979. The molecule has 3 atom stereocenters. The number of fused-ring (bicyclic) bond motifs is 1. The fourth-order valence-corrected chi connectivity index (χ4v) is 3.83. The highest BCUT2D eigenvalue weighted by atomic mass is 16.5. The minimum Gasteiger partial charge on any atom is -0.458 e. The number of hydrogen-bond donors (Lipinski definition) is 1. The number of carbonyl (C=O) groups excluding carboxylic acids is 4. The maximum absolute atomic E-state index is 12.7. The molecule has 2 aromatic rings. The van der Waals surface area contributed by atoms with Crippen molar-refractivity contribution in [3.8, 4) is 0 Å². The average Bonchev–Trinajstić information content (AvgIpc) is 3.13. The van der Waals surface area contributed by atoms with Crippen molar-refractivity contribution in [2.24, 2.45) is 0 Å². The van der Waals surface area contributed by atoms with Gasteiger partial charge >= 0.3 is 5.97 Å². The first-order valence-corrected chi connectivity index (χ1v) is 9.63. The molecule has 2 fully saturated rings. The Kier molecular flexibility index (Phi) is 5.22. The molecule has 2 aliphatic heterocycles. The number of β-lactam (4-membered cyclic amide) rings is 1. The van der Waals surface area contributed by atoms with E-state index in [9.17, 15) is 19.2 Å². The summed E-state index contributed by atoms with van der Waals surface area (Å²) in [6.45, 7) is 1.54. The maximum atomic E-state index is 12.7. The van der Waals surface area contributed by atoms with Crippen molar-refractivity contribution in [2.75, 3.05) is 6.54 Å². The Morgan fingerprint density at radius 3 is 2.30 bits per heavy atom. The largest absolute Gasteiger partial charge is 0.458 e. The third-order valence-electron chi connectivity index (χ3n) is 5.37. The van der Waals surface area contributed by atoms with Crippen LogP contribution in [0.5, 0.6) is 0 Å². The van der Waals surface area contributed by atoms with Crippen molar-refractivity contribution in [3.63, 3.8) is 0 Å². The molecule has 3 unspecified atom stereocenters. The van der Waals surface area contributed by atoms with Gasteiger partial charge in [-0.15, -0.1) is 0 Å². The molecule has 0 radical (unpaired) electrons. The van der Waals surface area contributed by atoms with E-state index in [0.717, 1.165) is 5.56 Å². The molecule has 2 aliphatic rings. The van der Waals surface area contributed by atoms with Crippen LogP contribution in [-0.2, 0) is 25.7 Å². The molecule has 0 saturated carbocycles. The number of esters is 1. The highest BCUT2D eigenvalue weighted by Gasteiger charge is 2.60. The van der Waals surface area contributed by atoms with Crippen LogP contribution in [-0.4, -0.2) is 58.3 Å². The van der Waals surface area contributed by atoms with E-state index in [1.165, 1.54) is 16.7 Å². The first-order chi connectivity index (χ1) is 14.5. The Balaban J connectivity index is 1.45. The van der Waals surface area contributed by atoms with Crippen LogP contribution < -0.4 is 5.32 Å². The number of hydrogen-bond acceptors (Lipinski definition) is 5. The first kappa shape index (κ1) is 19.6. The molecular weight excluding hydrogens is 386 g/mol. The summed E-state index contributed by atoms with van der Waals surface area (Å²) < 4.78 is 5.36. The van der Waals surface area contributed by atoms with Gasteiger partial charge < -0.3 is 19.9 Å². The summed E-state index contributed by atoms with van der Waals surface area (Å²) in [5, 5.41) is 2.71. The van der Waals surface area contributed by atoms with Crippen LogP contribution in [0.15, 0.2) is 60.7 Å². The molecule has 1 N–H and O–H groups in total. The zero-order valence-electron chi connectivity index (χ0n) is 16.4. The van der Waals surface area contributed by atoms with Crippen molar-refractivity contribution >= 4 is 23.7 Å². The number of nitrogens with zero attached hydrogens (tertiary/aromatic N) is 2. The van der Waals surface area contributed by atoms with Gasteiger partial charge in [0.05, 0.1) is 6.04 Å². The van der Waals surface area contributed by atoms with Crippen LogP contribution in [0.25, 0.3) is 0 Å². The monoisotopic (exact) mass is 407 g/mol. The molecule has 0 spiro atoms. The number of carbonyl (C=O) groups is 4. The van der Waals surface area contributed by atoms with Gasteiger partial charge in [-0.05, 0) is 17.7 Å². The normalized spacial score (nSPS) is 22.2. The van der Waals surface area contributed by atoms with E-state index >= 15 is 0 Å². The van der Waals surface area contributed by atoms with Gasteiger partial charge in [-0.2, -0.15) is 0 Å². The van der Waals surface area contributed by atoms with Gasteiger partial charge in [0.25, 0.3) is 5.91 Å². The second kappa shape index (κ2) is 7.98. The molecule has 0 bridgehead atoms. The van der Waals surface area contributed by atoms with E-state index in [4.69, 9.17) is 4.74 Å². The molecule has 8 nitrogen and oxygen atoms in total. The van der Waals surface area contributed by atoms with Crippen LogP contribution in [0, 0.1) is 0 Å². The minimum atomic E-state index is -1.12. The lowest BCUT2D eigenvalue weighted by molar-refractivity contribution is -0.169. The quantitative estimate of drug-likeness (QED) is 0.588. The molecular formula is C22H21N3O5. The van der Waals surface area contributed by atoms with Gasteiger partial charge in [0.15, 0.2) is 0 Å². The van der Waals surface area contributed by atoms with Crippen molar-refractivity contribution in [1.29, 1.82) is 0 Å². The van der Waals surface area contributed by atoms with Crippen LogP contribution in [0.2, 0.25) is 0 Å². The second-order valence-corrected chi connectivity index (χ2v) is 7.27. The average molecular weight is 407 g/mol. The Labute approximate surface area is 173 Å². The first-order valence-electron chi connectivity index (χ1n) is 9.63. The molecule has 2 heterocycles. The fourth-order valence-electron chi connectivity index (χ4n) is 3.83. The van der Waals surface area contributed by atoms with E-state index < -0.39 is 30.1 Å². The van der Waals surface area contributed by atoms with E-state index in [1.807, 2.05) is 30.3 Å². The number of benzene rings is 2. The maximum Gasteiger partial charge on any atom is 0.350 e. The van der Waals surface area contributed by atoms with Gasteiger partial charge in [0, 0.05) is 19.0 Å². The van der Waals surface area contributed by atoms with E-state index in [2.05, 4.69) is 5.32 Å². The molecule has 2 aromatic carbocycles. The van der Waals surface area contributed by atoms with Gasteiger partial charge in [-0.3, -0.25) is 14.4 Å². The smallest absolute Gasteiger partial charge is 0.350 e. The molecule has 3 amide bonds. The predicted molar refractivity (Wildman–Crippen MR) is 106 cm³/mol. The lowest BCUT2D eigenvalue weighted by atomic mass is 9.96. The zero-order chi connectivity index (χ0) is 21.3. The summed E-state index contributed by atoms with van der Waals surface area (Å²) in [6, 6.07) is 16.4. The number of nitrogens with one attached hydrogen (secondary N) is 1. The molecule has 154 valence electrons. The Morgan fingerprint density at radius 1 is 1.03 bits per heavy atom. The summed E-state index contributed by atoms with van der Waals surface area (Å²) in [5.74, 6) is -1.79. The minimum absolute atomic E-state index is 0.0444. The third-order valence-corrected chi connectivity index (χ3v) is 5.37. The zero-order valence-corrected chi connectivity index (χ0v) is 16.4. The number of rotatable bonds is 5. The van der Waals surface area contributed by atoms with Crippen LogP contribution in [0.3, 0.4) is 0 Å². The topological polar surface area (TPSA) is 96.0 Å². The number of ether oxygens (including phenoxy) is 1. The summed E-state index contributed by atoms with van der Waals surface area (Å²) in [6.07, 6.45) is -1.12. The van der Waals surface area contributed by atoms with Gasteiger partial charge in [0.1, 0.15) is 12.6 Å². The van der Waals surface area contributed by atoms with E-state index in [0.29, 0.717) is 5.56 Å². The van der Waals surface area contributed by atoms with Gasteiger partial charge in [-0.1, -0.05) is 48.5 Å². The molecule has 30 heavy (non-hydrogen) atoms. The summed E-state index contributed by atoms with van der Waals surface area (Å²) in [4.78, 5) is 52.6. The second-order valence-electron chi connectivity index (χ2n) is 7.27. The SMILES string of the molecule is CC(=O)N1CC2C(NC(=O)c3ccccc3)C(=O)N2C1C(=O)OCc1ccccc1. The molecule has 8 heteroatoms. The summed E-state index contributed by atoms with van der Waals surface area (Å²) in [7, 11) is 0. The molecule has 0 aliphatic carbocycles. The summed E-state index contributed by atoms with van der Waals surface area (Å²) in [5.41, 5.74) is 1.24. The standard InChI is InChI=1S/C22H21N3O5/c1-14(26)24-12-17-18(23-19(27)16-10-6-3-7-11-16)21(28)25(17)20(24)22(29)30-13-15-8-4-2-5-9-15/h2-11,17-18,20H,12-13H2,1H3,(H,23,27). The highest BCUT2D eigenvalue weighted by Crippen LogP contribution is 2.33. The molecule has 0 aromatic heterocycles.